The molecule has 1 N–H and O–H groups in total. The lowest BCUT2D eigenvalue weighted by molar-refractivity contribution is -0.126. The van der Waals surface area contributed by atoms with Gasteiger partial charge in [0, 0.05) is 7.05 Å². The van der Waals surface area contributed by atoms with Crippen molar-refractivity contribution in [1.82, 2.24) is 5.32 Å². The average Bonchev–Trinajstić information content (AvgIpc) is 2.22. The molecule has 1 amide bonds. The van der Waals surface area contributed by atoms with E-state index in [1.54, 1.807) is 19.1 Å². The SMILES string of the molecule is CNC(=O)C(C)Oc1cc(C)ccc1F. The molecule has 1 unspecified atom stereocenters. The van der Waals surface area contributed by atoms with Gasteiger partial charge >= 0.3 is 0 Å². The van der Waals surface area contributed by atoms with Gasteiger partial charge in [-0.1, -0.05) is 6.07 Å². The highest BCUT2D eigenvalue weighted by atomic mass is 19.1. The predicted octanol–water partition coefficient (Wildman–Crippen LogP) is 1.65. The Hall–Kier alpha value is -1.58. The van der Waals surface area contributed by atoms with Crippen LogP contribution in [0.5, 0.6) is 5.75 Å². The maximum Gasteiger partial charge on any atom is 0.260 e. The molecular formula is C11H14FNO2. The third-order valence-corrected chi connectivity index (χ3v) is 2.01. The van der Waals surface area contributed by atoms with E-state index in [1.165, 1.54) is 13.1 Å². The summed E-state index contributed by atoms with van der Waals surface area (Å²) in [6.45, 7) is 3.40. The summed E-state index contributed by atoms with van der Waals surface area (Å²) in [4.78, 5) is 11.2. The van der Waals surface area contributed by atoms with Gasteiger partial charge in [0.15, 0.2) is 17.7 Å². The zero-order valence-corrected chi connectivity index (χ0v) is 9.00. The zero-order valence-electron chi connectivity index (χ0n) is 9.00. The second-order valence-corrected chi connectivity index (χ2v) is 3.31. The van der Waals surface area contributed by atoms with Crippen molar-refractivity contribution in [2.24, 2.45) is 0 Å². The Balaban J connectivity index is 2.80. The van der Waals surface area contributed by atoms with Crippen LogP contribution in [0.3, 0.4) is 0 Å². The molecule has 0 spiro atoms. The van der Waals surface area contributed by atoms with Crippen LogP contribution >= 0.6 is 0 Å². The van der Waals surface area contributed by atoms with Gasteiger partial charge in [-0.25, -0.2) is 4.39 Å². The molecular weight excluding hydrogens is 197 g/mol. The molecule has 0 aliphatic heterocycles. The predicted molar refractivity (Wildman–Crippen MR) is 55.3 cm³/mol. The van der Waals surface area contributed by atoms with Gasteiger partial charge < -0.3 is 10.1 Å². The first-order valence-corrected chi connectivity index (χ1v) is 4.69. The molecule has 4 heteroatoms. The van der Waals surface area contributed by atoms with E-state index in [1.807, 2.05) is 6.92 Å². The summed E-state index contributed by atoms with van der Waals surface area (Å²) in [5.41, 5.74) is 0.885. The third kappa shape index (κ3) is 2.94. The van der Waals surface area contributed by atoms with Crippen molar-refractivity contribution >= 4 is 5.91 Å². The minimum Gasteiger partial charge on any atom is -0.478 e. The normalized spacial score (nSPS) is 12.0. The monoisotopic (exact) mass is 211 g/mol. The topological polar surface area (TPSA) is 38.3 Å². The molecule has 1 aromatic carbocycles. The molecule has 0 aliphatic carbocycles. The Labute approximate surface area is 88.2 Å². The highest BCUT2D eigenvalue weighted by molar-refractivity contribution is 5.80. The zero-order chi connectivity index (χ0) is 11.4. The fourth-order valence-corrected chi connectivity index (χ4v) is 1.15. The number of hydrogen-bond donors (Lipinski definition) is 1. The third-order valence-electron chi connectivity index (χ3n) is 2.01. The lowest BCUT2D eigenvalue weighted by Gasteiger charge is -2.13. The first-order chi connectivity index (χ1) is 7.04. The fraction of sp³-hybridized carbons (Fsp3) is 0.364. The Morgan fingerprint density at radius 1 is 1.53 bits per heavy atom. The number of carbonyl (C=O) groups excluding carboxylic acids is 1. The van der Waals surface area contributed by atoms with Crippen molar-refractivity contribution in [2.45, 2.75) is 20.0 Å². The van der Waals surface area contributed by atoms with Crippen molar-refractivity contribution in [3.63, 3.8) is 0 Å². The molecule has 0 saturated carbocycles. The van der Waals surface area contributed by atoms with Crippen molar-refractivity contribution in [2.75, 3.05) is 7.05 Å². The second kappa shape index (κ2) is 4.77. The standard InChI is InChI=1S/C11H14FNO2/c1-7-4-5-9(12)10(6-7)15-8(2)11(14)13-3/h4-6,8H,1-3H3,(H,13,14). The number of rotatable bonds is 3. The number of hydrogen-bond acceptors (Lipinski definition) is 2. The Bertz CT molecular complexity index is 366. The van der Waals surface area contributed by atoms with Crippen molar-refractivity contribution in [1.29, 1.82) is 0 Å². The summed E-state index contributed by atoms with van der Waals surface area (Å²) in [5.74, 6) is -0.640. The largest absolute Gasteiger partial charge is 0.478 e. The lowest BCUT2D eigenvalue weighted by Crippen LogP contribution is -2.33. The number of likely N-dealkylation sites (N-methyl/N-ethyl adjacent to an activating group) is 1. The summed E-state index contributed by atoms with van der Waals surface area (Å²) < 4.78 is 18.4. The molecule has 0 radical (unpaired) electrons. The summed E-state index contributed by atoms with van der Waals surface area (Å²) in [6, 6.07) is 4.53. The van der Waals surface area contributed by atoms with E-state index in [2.05, 4.69) is 5.32 Å². The number of nitrogens with one attached hydrogen (secondary N) is 1. The van der Waals surface area contributed by atoms with E-state index in [4.69, 9.17) is 4.74 Å². The second-order valence-electron chi connectivity index (χ2n) is 3.31. The average molecular weight is 211 g/mol. The number of halogens is 1. The number of amides is 1. The van der Waals surface area contributed by atoms with E-state index in [0.29, 0.717) is 0 Å². The Morgan fingerprint density at radius 3 is 2.80 bits per heavy atom. The molecule has 15 heavy (non-hydrogen) atoms. The van der Waals surface area contributed by atoms with E-state index < -0.39 is 11.9 Å². The number of ether oxygens (including phenoxy) is 1. The molecule has 0 bridgehead atoms. The van der Waals surface area contributed by atoms with Crippen LogP contribution in [0.1, 0.15) is 12.5 Å². The maximum atomic E-state index is 13.2. The van der Waals surface area contributed by atoms with Gasteiger partial charge in [-0.3, -0.25) is 4.79 Å². The molecule has 0 fully saturated rings. The van der Waals surface area contributed by atoms with Gasteiger partial charge in [-0.15, -0.1) is 0 Å². The van der Waals surface area contributed by atoms with Crippen LogP contribution in [0.4, 0.5) is 4.39 Å². The molecule has 1 atom stereocenters. The van der Waals surface area contributed by atoms with Gasteiger partial charge in [0.1, 0.15) is 0 Å². The van der Waals surface area contributed by atoms with Crippen LogP contribution in [0.15, 0.2) is 18.2 Å². The van der Waals surface area contributed by atoms with E-state index in [0.717, 1.165) is 5.56 Å². The minimum absolute atomic E-state index is 0.103. The van der Waals surface area contributed by atoms with E-state index in [9.17, 15) is 9.18 Å². The number of aryl methyl sites for hydroxylation is 1. The van der Waals surface area contributed by atoms with Crippen LogP contribution in [-0.2, 0) is 4.79 Å². The van der Waals surface area contributed by atoms with Crippen LogP contribution in [-0.4, -0.2) is 19.1 Å². The van der Waals surface area contributed by atoms with E-state index in [-0.39, 0.29) is 11.7 Å². The van der Waals surface area contributed by atoms with Gasteiger partial charge in [0.05, 0.1) is 0 Å². The quantitative estimate of drug-likeness (QED) is 0.825. The first kappa shape index (κ1) is 11.5. The fourth-order valence-electron chi connectivity index (χ4n) is 1.15. The van der Waals surface area contributed by atoms with Crippen molar-refractivity contribution in [3.8, 4) is 5.75 Å². The van der Waals surface area contributed by atoms with Crippen LogP contribution in [0, 0.1) is 12.7 Å². The van der Waals surface area contributed by atoms with Gasteiger partial charge in [0.2, 0.25) is 0 Å². The molecule has 1 aromatic rings. The molecule has 0 aliphatic rings. The first-order valence-electron chi connectivity index (χ1n) is 4.69. The molecule has 0 aromatic heterocycles. The molecule has 1 rings (SSSR count). The summed E-state index contributed by atoms with van der Waals surface area (Å²) in [5, 5.41) is 2.43. The van der Waals surface area contributed by atoms with E-state index >= 15 is 0 Å². The number of benzene rings is 1. The van der Waals surface area contributed by atoms with Gasteiger partial charge in [-0.2, -0.15) is 0 Å². The van der Waals surface area contributed by atoms with Crippen LogP contribution in [0.25, 0.3) is 0 Å². The van der Waals surface area contributed by atoms with Crippen LogP contribution in [0.2, 0.25) is 0 Å². The highest BCUT2D eigenvalue weighted by Gasteiger charge is 2.14. The van der Waals surface area contributed by atoms with Crippen molar-refractivity contribution < 1.29 is 13.9 Å². The van der Waals surface area contributed by atoms with Crippen molar-refractivity contribution in [3.05, 3.63) is 29.6 Å². The number of carbonyl (C=O) groups is 1. The van der Waals surface area contributed by atoms with Gasteiger partial charge in [-0.05, 0) is 31.5 Å². The Kier molecular flexibility index (Phi) is 3.66. The Morgan fingerprint density at radius 2 is 2.20 bits per heavy atom. The molecule has 0 saturated heterocycles. The highest BCUT2D eigenvalue weighted by Crippen LogP contribution is 2.19. The molecule has 0 heterocycles. The maximum absolute atomic E-state index is 13.2. The molecule has 3 nitrogen and oxygen atoms in total. The molecule has 82 valence electrons. The van der Waals surface area contributed by atoms with Gasteiger partial charge in [0.25, 0.3) is 5.91 Å². The van der Waals surface area contributed by atoms with Crippen LogP contribution < -0.4 is 10.1 Å². The smallest absolute Gasteiger partial charge is 0.260 e. The summed E-state index contributed by atoms with van der Waals surface area (Å²) in [7, 11) is 1.51. The minimum atomic E-state index is -0.703. The lowest BCUT2D eigenvalue weighted by atomic mass is 10.2. The summed E-state index contributed by atoms with van der Waals surface area (Å²) >= 11 is 0. The summed E-state index contributed by atoms with van der Waals surface area (Å²) in [6.07, 6.45) is -0.703.